The standard InChI is InChI=1S/C13H13F4N3O/c1-6(2)20-10(11(18)19-12(20)21)8-4-3-7(14)5-9(8)13(15,16)17/h3-6,10H,1-2H3,(H2,18,19,21). The third-order valence-electron chi connectivity index (χ3n) is 3.20. The van der Waals surface area contributed by atoms with Gasteiger partial charge in [0.05, 0.1) is 5.56 Å². The first-order chi connectivity index (χ1) is 9.62. The van der Waals surface area contributed by atoms with Gasteiger partial charge in [0.15, 0.2) is 0 Å². The van der Waals surface area contributed by atoms with Crippen molar-refractivity contribution in [1.82, 2.24) is 10.2 Å². The molecule has 1 fully saturated rings. The molecule has 0 aromatic heterocycles. The van der Waals surface area contributed by atoms with Crippen molar-refractivity contribution in [2.24, 2.45) is 0 Å². The Balaban J connectivity index is 2.60. The molecule has 2 amide bonds. The minimum atomic E-state index is -4.77. The Hall–Kier alpha value is -2.12. The van der Waals surface area contributed by atoms with Crippen LogP contribution >= 0.6 is 0 Å². The van der Waals surface area contributed by atoms with Crippen molar-refractivity contribution in [2.75, 3.05) is 0 Å². The van der Waals surface area contributed by atoms with E-state index in [0.29, 0.717) is 6.07 Å². The SMILES string of the molecule is CC(C)N1C(=O)NC(=N)C1c1ccc(F)cc1C(F)(F)F. The van der Waals surface area contributed by atoms with Crippen LogP contribution in [-0.2, 0) is 6.18 Å². The molecule has 21 heavy (non-hydrogen) atoms. The van der Waals surface area contributed by atoms with Crippen molar-refractivity contribution >= 4 is 11.9 Å². The molecule has 1 saturated heterocycles. The zero-order chi connectivity index (χ0) is 15.9. The number of carbonyl (C=O) groups is 1. The number of hydrogen-bond donors (Lipinski definition) is 2. The second-order valence-corrected chi connectivity index (χ2v) is 4.98. The minimum Gasteiger partial charge on any atom is -0.308 e. The summed E-state index contributed by atoms with van der Waals surface area (Å²) < 4.78 is 52.4. The van der Waals surface area contributed by atoms with E-state index in [-0.39, 0.29) is 11.4 Å². The number of nitrogens with one attached hydrogen (secondary N) is 2. The van der Waals surface area contributed by atoms with Crippen molar-refractivity contribution in [3.63, 3.8) is 0 Å². The lowest BCUT2D eigenvalue weighted by atomic mass is 9.97. The lowest BCUT2D eigenvalue weighted by molar-refractivity contribution is -0.138. The second-order valence-electron chi connectivity index (χ2n) is 4.98. The molecule has 2 N–H and O–H groups in total. The quantitative estimate of drug-likeness (QED) is 0.809. The van der Waals surface area contributed by atoms with Crippen molar-refractivity contribution in [3.05, 3.63) is 35.1 Å². The highest BCUT2D eigenvalue weighted by Crippen LogP contribution is 2.38. The van der Waals surface area contributed by atoms with E-state index in [1.54, 1.807) is 13.8 Å². The molecule has 0 radical (unpaired) electrons. The fourth-order valence-electron chi connectivity index (χ4n) is 2.35. The number of rotatable bonds is 2. The molecule has 0 spiro atoms. The number of amides is 2. The Morgan fingerprint density at radius 3 is 2.48 bits per heavy atom. The molecule has 1 atom stereocenters. The summed E-state index contributed by atoms with van der Waals surface area (Å²) in [6, 6.07) is -0.0213. The van der Waals surface area contributed by atoms with Crippen molar-refractivity contribution in [2.45, 2.75) is 32.1 Å². The molecule has 114 valence electrons. The van der Waals surface area contributed by atoms with Crippen LogP contribution in [0.5, 0.6) is 0 Å². The summed E-state index contributed by atoms with van der Waals surface area (Å²) in [5.74, 6) is -1.38. The average Bonchev–Trinajstić information content (AvgIpc) is 2.63. The fraction of sp³-hybridized carbons (Fsp3) is 0.385. The van der Waals surface area contributed by atoms with Crippen LogP contribution in [0.2, 0.25) is 0 Å². The molecule has 0 saturated carbocycles. The molecule has 1 aliphatic heterocycles. The summed E-state index contributed by atoms with van der Waals surface area (Å²) in [5.41, 5.74) is -1.50. The molecule has 0 bridgehead atoms. The fourth-order valence-corrected chi connectivity index (χ4v) is 2.35. The zero-order valence-corrected chi connectivity index (χ0v) is 11.3. The number of amidine groups is 1. The Labute approximate surface area is 118 Å². The summed E-state index contributed by atoms with van der Waals surface area (Å²) in [6.45, 7) is 3.25. The van der Waals surface area contributed by atoms with E-state index in [9.17, 15) is 22.4 Å². The summed E-state index contributed by atoms with van der Waals surface area (Å²) in [6.07, 6.45) is -4.77. The molecule has 1 aliphatic rings. The Morgan fingerprint density at radius 1 is 1.33 bits per heavy atom. The number of nitrogens with zero attached hydrogens (tertiary/aromatic N) is 1. The Morgan fingerprint density at radius 2 is 1.95 bits per heavy atom. The largest absolute Gasteiger partial charge is 0.416 e. The van der Waals surface area contributed by atoms with Gasteiger partial charge >= 0.3 is 12.2 Å². The van der Waals surface area contributed by atoms with E-state index in [1.165, 1.54) is 0 Å². The highest BCUT2D eigenvalue weighted by Gasteiger charge is 2.43. The number of hydrogen-bond acceptors (Lipinski definition) is 2. The van der Waals surface area contributed by atoms with Gasteiger partial charge in [0.25, 0.3) is 0 Å². The molecule has 1 aromatic rings. The highest BCUT2D eigenvalue weighted by atomic mass is 19.4. The molecular weight excluding hydrogens is 290 g/mol. The third-order valence-corrected chi connectivity index (χ3v) is 3.20. The number of alkyl halides is 3. The van der Waals surface area contributed by atoms with Gasteiger partial charge in [0.2, 0.25) is 0 Å². The predicted molar refractivity (Wildman–Crippen MR) is 67.4 cm³/mol. The van der Waals surface area contributed by atoms with Crippen LogP contribution in [0.3, 0.4) is 0 Å². The lowest BCUT2D eigenvalue weighted by Crippen LogP contribution is -2.36. The second kappa shape index (κ2) is 5.01. The first kappa shape index (κ1) is 15.3. The molecule has 0 aliphatic carbocycles. The Kier molecular flexibility index (Phi) is 3.65. The highest BCUT2D eigenvalue weighted by molar-refractivity contribution is 6.06. The molecule has 1 heterocycles. The van der Waals surface area contributed by atoms with Crippen LogP contribution in [0.15, 0.2) is 18.2 Å². The van der Waals surface area contributed by atoms with Gasteiger partial charge < -0.3 is 4.90 Å². The molecule has 8 heteroatoms. The molecular formula is C13H13F4N3O. The topological polar surface area (TPSA) is 56.2 Å². The van der Waals surface area contributed by atoms with E-state index in [0.717, 1.165) is 17.0 Å². The van der Waals surface area contributed by atoms with Gasteiger partial charge in [-0.25, -0.2) is 9.18 Å². The summed E-state index contributed by atoms with van der Waals surface area (Å²) >= 11 is 0. The predicted octanol–water partition coefficient (Wildman–Crippen LogP) is 3.30. The summed E-state index contributed by atoms with van der Waals surface area (Å²) in [7, 11) is 0. The van der Waals surface area contributed by atoms with E-state index in [1.807, 2.05) is 0 Å². The van der Waals surface area contributed by atoms with Gasteiger partial charge in [-0.1, -0.05) is 6.07 Å². The maximum atomic E-state index is 13.1. The van der Waals surface area contributed by atoms with Gasteiger partial charge in [-0.3, -0.25) is 10.7 Å². The minimum absolute atomic E-state index is 0.319. The van der Waals surface area contributed by atoms with Crippen LogP contribution in [0.4, 0.5) is 22.4 Å². The van der Waals surface area contributed by atoms with Gasteiger partial charge in [-0.05, 0) is 31.5 Å². The summed E-state index contributed by atoms with van der Waals surface area (Å²) in [5, 5.41) is 9.92. The summed E-state index contributed by atoms with van der Waals surface area (Å²) in [4.78, 5) is 12.9. The maximum absolute atomic E-state index is 13.1. The van der Waals surface area contributed by atoms with Gasteiger partial charge in [0, 0.05) is 6.04 Å². The van der Waals surface area contributed by atoms with Gasteiger partial charge in [-0.2, -0.15) is 13.2 Å². The third kappa shape index (κ3) is 2.70. The lowest BCUT2D eigenvalue weighted by Gasteiger charge is -2.28. The number of urea groups is 1. The normalized spacial score (nSPS) is 19.4. The van der Waals surface area contributed by atoms with Crippen molar-refractivity contribution in [1.29, 1.82) is 5.41 Å². The van der Waals surface area contributed by atoms with Crippen LogP contribution in [0, 0.1) is 11.2 Å². The van der Waals surface area contributed by atoms with E-state index >= 15 is 0 Å². The molecule has 1 aromatic carbocycles. The molecule has 2 rings (SSSR count). The maximum Gasteiger partial charge on any atom is 0.416 e. The molecule has 1 unspecified atom stereocenters. The monoisotopic (exact) mass is 303 g/mol. The van der Waals surface area contributed by atoms with E-state index in [4.69, 9.17) is 5.41 Å². The van der Waals surface area contributed by atoms with Crippen LogP contribution in [0.25, 0.3) is 0 Å². The molecule has 4 nitrogen and oxygen atoms in total. The Bertz CT molecular complexity index is 598. The van der Waals surface area contributed by atoms with Crippen molar-refractivity contribution < 1.29 is 22.4 Å². The number of carbonyl (C=O) groups excluding carboxylic acids is 1. The average molecular weight is 303 g/mol. The van der Waals surface area contributed by atoms with Gasteiger partial charge in [0.1, 0.15) is 17.7 Å². The van der Waals surface area contributed by atoms with Gasteiger partial charge in [-0.15, -0.1) is 0 Å². The van der Waals surface area contributed by atoms with Crippen molar-refractivity contribution in [3.8, 4) is 0 Å². The van der Waals surface area contributed by atoms with Crippen LogP contribution < -0.4 is 5.32 Å². The number of halogens is 4. The van der Waals surface area contributed by atoms with Crippen LogP contribution in [0.1, 0.15) is 31.0 Å². The smallest absolute Gasteiger partial charge is 0.308 e. The van der Waals surface area contributed by atoms with Crippen LogP contribution in [-0.4, -0.2) is 22.8 Å². The first-order valence-corrected chi connectivity index (χ1v) is 6.17. The number of benzene rings is 1. The van der Waals surface area contributed by atoms with E-state index in [2.05, 4.69) is 5.32 Å². The first-order valence-electron chi connectivity index (χ1n) is 6.17. The van der Waals surface area contributed by atoms with E-state index < -0.39 is 35.7 Å². The zero-order valence-electron chi connectivity index (χ0n) is 11.3.